The average Bonchev–Trinajstić information content (AvgIpc) is 3.18. The van der Waals surface area contributed by atoms with Crippen molar-refractivity contribution in [1.29, 1.82) is 0 Å². The number of hydrogen-bond donors (Lipinski definition) is 2. The summed E-state index contributed by atoms with van der Waals surface area (Å²) in [5.41, 5.74) is 2.69. The SMILES string of the molecule is COc1ccc(N(C(C)=O)c2nc(C3NC(=O)c4ccccc4N3)cs2)cc1. The Bertz CT molecular complexity index is 1030. The molecule has 2 N–H and O–H groups in total. The molecule has 1 aliphatic heterocycles. The number of thiazole rings is 1. The summed E-state index contributed by atoms with van der Waals surface area (Å²) in [5.74, 6) is 0.393. The molecule has 1 unspecified atom stereocenters. The van der Waals surface area contributed by atoms with Crippen LogP contribution in [0.4, 0.5) is 16.5 Å². The summed E-state index contributed by atoms with van der Waals surface area (Å²) in [4.78, 5) is 30.8. The number of para-hydroxylation sites is 1. The zero-order chi connectivity index (χ0) is 19.7. The minimum Gasteiger partial charge on any atom is -0.497 e. The van der Waals surface area contributed by atoms with Gasteiger partial charge in [0, 0.05) is 18.0 Å². The van der Waals surface area contributed by atoms with E-state index in [1.807, 2.05) is 23.6 Å². The Morgan fingerprint density at radius 1 is 1.14 bits per heavy atom. The Morgan fingerprint density at radius 3 is 2.61 bits per heavy atom. The van der Waals surface area contributed by atoms with E-state index < -0.39 is 6.17 Å². The Hall–Kier alpha value is -3.39. The van der Waals surface area contributed by atoms with Gasteiger partial charge in [0.1, 0.15) is 11.9 Å². The summed E-state index contributed by atoms with van der Waals surface area (Å²) >= 11 is 1.34. The zero-order valence-corrected chi connectivity index (χ0v) is 16.1. The van der Waals surface area contributed by atoms with Gasteiger partial charge in [-0.3, -0.25) is 14.5 Å². The van der Waals surface area contributed by atoms with Crippen LogP contribution in [-0.2, 0) is 4.79 Å². The van der Waals surface area contributed by atoms with Crippen LogP contribution in [0.15, 0.2) is 53.9 Å². The molecular weight excluding hydrogens is 376 g/mol. The number of hydrogen-bond acceptors (Lipinski definition) is 6. The fourth-order valence-electron chi connectivity index (χ4n) is 3.03. The quantitative estimate of drug-likeness (QED) is 0.705. The number of ether oxygens (including phenoxy) is 1. The molecule has 2 heterocycles. The van der Waals surface area contributed by atoms with Crippen molar-refractivity contribution in [3.63, 3.8) is 0 Å². The first-order valence-corrected chi connectivity index (χ1v) is 9.51. The maximum atomic E-state index is 12.3. The van der Waals surface area contributed by atoms with Gasteiger partial charge in [-0.1, -0.05) is 12.1 Å². The first-order valence-electron chi connectivity index (χ1n) is 8.63. The van der Waals surface area contributed by atoms with Gasteiger partial charge < -0.3 is 15.4 Å². The van der Waals surface area contributed by atoms with Crippen molar-refractivity contribution in [3.8, 4) is 5.75 Å². The maximum Gasteiger partial charge on any atom is 0.255 e. The van der Waals surface area contributed by atoms with Gasteiger partial charge in [0.15, 0.2) is 5.13 Å². The first kappa shape index (κ1) is 18.0. The Labute approximate surface area is 166 Å². The van der Waals surface area contributed by atoms with Gasteiger partial charge in [0.2, 0.25) is 5.91 Å². The lowest BCUT2D eigenvalue weighted by Crippen LogP contribution is -2.38. The van der Waals surface area contributed by atoms with Gasteiger partial charge in [0.05, 0.1) is 24.1 Å². The van der Waals surface area contributed by atoms with Crippen LogP contribution >= 0.6 is 11.3 Å². The predicted octanol–water partition coefficient (Wildman–Crippen LogP) is 3.69. The average molecular weight is 394 g/mol. The second-order valence-corrected chi connectivity index (χ2v) is 7.04. The summed E-state index contributed by atoms with van der Waals surface area (Å²) in [5, 5.41) is 8.54. The first-order chi connectivity index (χ1) is 13.6. The molecule has 0 aliphatic carbocycles. The van der Waals surface area contributed by atoms with Crippen molar-refractivity contribution in [3.05, 3.63) is 65.2 Å². The normalized spacial score (nSPS) is 15.2. The number of carbonyl (C=O) groups excluding carboxylic acids is 2. The van der Waals surface area contributed by atoms with Crippen LogP contribution in [0.2, 0.25) is 0 Å². The molecule has 142 valence electrons. The molecule has 0 spiro atoms. The largest absolute Gasteiger partial charge is 0.497 e. The van der Waals surface area contributed by atoms with Gasteiger partial charge in [-0.05, 0) is 36.4 Å². The van der Waals surface area contributed by atoms with Crippen LogP contribution in [0.5, 0.6) is 5.75 Å². The second kappa shape index (κ2) is 7.32. The van der Waals surface area contributed by atoms with Crippen LogP contribution in [0.3, 0.4) is 0 Å². The number of nitrogens with zero attached hydrogens (tertiary/aromatic N) is 2. The molecule has 1 atom stereocenters. The molecule has 0 bridgehead atoms. The molecule has 2 amide bonds. The summed E-state index contributed by atoms with van der Waals surface area (Å²) in [7, 11) is 1.59. The van der Waals surface area contributed by atoms with E-state index in [-0.39, 0.29) is 11.8 Å². The number of anilines is 3. The minimum atomic E-state index is -0.461. The second-order valence-electron chi connectivity index (χ2n) is 6.20. The van der Waals surface area contributed by atoms with Crippen LogP contribution in [0.25, 0.3) is 0 Å². The molecule has 0 fully saturated rings. The van der Waals surface area contributed by atoms with Gasteiger partial charge in [-0.2, -0.15) is 0 Å². The van der Waals surface area contributed by atoms with Gasteiger partial charge in [-0.15, -0.1) is 11.3 Å². The van der Waals surface area contributed by atoms with Crippen molar-refractivity contribution in [2.75, 3.05) is 17.3 Å². The summed E-state index contributed by atoms with van der Waals surface area (Å²) in [6.45, 7) is 1.49. The van der Waals surface area contributed by atoms with Crippen molar-refractivity contribution < 1.29 is 14.3 Å². The fourth-order valence-corrected chi connectivity index (χ4v) is 3.94. The van der Waals surface area contributed by atoms with Gasteiger partial charge in [0.25, 0.3) is 5.91 Å². The summed E-state index contributed by atoms with van der Waals surface area (Å²) < 4.78 is 5.17. The highest BCUT2D eigenvalue weighted by atomic mass is 32.1. The number of aromatic nitrogens is 1. The molecule has 0 radical (unpaired) electrons. The van der Waals surface area contributed by atoms with Gasteiger partial charge in [-0.25, -0.2) is 4.98 Å². The van der Waals surface area contributed by atoms with Crippen LogP contribution in [0, 0.1) is 0 Å². The fraction of sp³-hybridized carbons (Fsp3) is 0.150. The highest BCUT2D eigenvalue weighted by Crippen LogP contribution is 2.33. The topological polar surface area (TPSA) is 83.6 Å². The maximum absolute atomic E-state index is 12.3. The highest BCUT2D eigenvalue weighted by molar-refractivity contribution is 7.14. The van der Waals surface area contributed by atoms with Gasteiger partial charge >= 0.3 is 0 Å². The lowest BCUT2D eigenvalue weighted by atomic mass is 10.1. The number of nitrogens with one attached hydrogen (secondary N) is 2. The Balaban J connectivity index is 1.62. The molecule has 7 nitrogen and oxygen atoms in total. The number of amides is 2. The summed E-state index contributed by atoms with van der Waals surface area (Å²) in [6.07, 6.45) is -0.461. The van der Waals surface area contributed by atoms with E-state index in [1.165, 1.54) is 23.2 Å². The van der Waals surface area contributed by atoms with Crippen molar-refractivity contribution in [2.45, 2.75) is 13.1 Å². The molecule has 8 heteroatoms. The molecule has 3 aromatic rings. The molecular formula is C20H18N4O3S. The van der Waals surface area contributed by atoms with Crippen molar-refractivity contribution >= 4 is 39.7 Å². The molecule has 1 aromatic heterocycles. The van der Waals surface area contributed by atoms with E-state index in [0.717, 1.165) is 5.69 Å². The monoisotopic (exact) mass is 394 g/mol. The van der Waals surface area contributed by atoms with E-state index in [0.29, 0.717) is 27.8 Å². The van der Waals surface area contributed by atoms with E-state index in [1.54, 1.807) is 37.4 Å². The molecule has 0 saturated carbocycles. The van der Waals surface area contributed by atoms with E-state index >= 15 is 0 Å². The number of rotatable bonds is 4. The minimum absolute atomic E-state index is 0.156. The highest BCUT2D eigenvalue weighted by Gasteiger charge is 2.27. The van der Waals surface area contributed by atoms with Crippen LogP contribution < -0.4 is 20.3 Å². The van der Waals surface area contributed by atoms with Crippen molar-refractivity contribution in [1.82, 2.24) is 10.3 Å². The van der Waals surface area contributed by atoms with Crippen molar-refractivity contribution in [2.24, 2.45) is 0 Å². The van der Waals surface area contributed by atoms with E-state index in [2.05, 4.69) is 15.6 Å². The molecule has 4 rings (SSSR count). The number of benzene rings is 2. The smallest absolute Gasteiger partial charge is 0.255 e. The molecule has 0 saturated heterocycles. The van der Waals surface area contributed by atoms with E-state index in [4.69, 9.17) is 4.74 Å². The molecule has 2 aromatic carbocycles. The standard InChI is InChI=1S/C20H18N4O3S/c1-12(25)24(13-7-9-14(27-2)10-8-13)20-22-17(11-28-20)18-21-16-6-4-3-5-15(16)19(26)23-18/h3-11,18,21H,1-2H3,(H,23,26). The zero-order valence-electron chi connectivity index (χ0n) is 15.3. The molecule has 28 heavy (non-hydrogen) atoms. The predicted molar refractivity (Wildman–Crippen MR) is 108 cm³/mol. The third-order valence-electron chi connectivity index (χ3n) is 4.39. The lowest BCUT2D eigenvalue weighted by Gasteiger charge is -2.26. The lowest BCUT2D eigenvalue weighted by molar-refractivity contribution is -0.115. The summed E-state index contributed by atoms with van der Waals surface area (Å²) in [6, 6.07) is 14.5. The van der Waals surface area contributed by atoms with Crippen LogP contribution in [0.1, 0.15) is 29.1 Å². The molecule has 1 aliphatic rings. The third-order valence-corrected chi connectivity index (χ3v) is 5.23. The Morgan fingerprint density at radius 2 is 1.89 bits per heavy atom. The number of fused-ring (bicyclic) bond motifs is 1. The third kappa shape index (κ3) is 3.29. The van der Waals surface area contributed by atoms with E-state index in [9.17, 15) is 9.59 Å². The van der Waals surface area contributed by atoms with Crippen LogP contribution in [-0.4, -0.2) is 23.9 Å². The number of methoxy groups -OCH3 is 1. The Kier molecular flexibility index (Phi) is 4.70. The number of carbonyl (C=O) groups is 2.